The summed E-state index contributed by atoms with van der Waals surface area (Å²) in [5.41, 5.74) is 6.10. The molecule has 0 fully saturated rings. The molecule has 0 bridgehead atoms. The quantitative estimate of drug-likeness (QED) is 0.609. The lowest BCUT2D eigenvalue weighted by atomic mass is 10.0. The van der Waals surface area contributed by atoms with Crippen molar-refractivity contribution in [3.8, 4) is 0 Å². The number of nitrogens with two attached hydrogens (primary N) is 1. The molecule has 0 aromatic carbocycles. The second-order valence-electron chi connectivity index (χ2n) is 4.68. The topological polar surface area (TPSA) is 47.7 Å². The highest BCUT2D eigenvalue weighted by molar-refractivity contribution is 4.69. The Balaban J connectivity index is 3.87. The molecule has 0 saturated heterocycles. The number of nitrogens with zero attached hydrogens (tertiary/aromatic N) is 1. The van der Waals surface area contributed by atoms with E-state index in [0.717, 1.165) is 39.3 Å². The fourth-order valence-electron chi connectivity index (χ4n) is 1.75. The van der Waals surface area contributed by atoms with E-state index in [2.05, 4.69) is 18.7 Å². The minimum atomic E-state index is 0.244. The summed E-state index contributed by atoms with van der Waals surface area (Å²) in [6.07, 6.45) is 1.07. The van der Waals surface area contributed by atoms with Gasteiger partial charge in [0, 0.05) is 39.9 Å². The summed E-state index contributed by atoms with van der Waals surface area (Å²) in [6, 6.07) is 0.244. The van der Waals surface area contributed by atoms with Crippen molar-refractivity contribution in [2.24, 2.45) is 11.7 Å². The lowest BCUT2D eigenvalue weighted by Gasteiger charge is -2.25. The van der Waals surface area contributed by atoms with Gasteiger partial charge < -0.3 is 15.2 Å². The van der Waals surface area contributed by atoms with Crippen LogP contribution in [0.25, 0.3) is 0 Å². The maximum atomic E-state index is 6.10. The van der Waals surface area contributed by atoms with Gasteiger partial charge in [-0.15, -0.1) is 0 Å². The maximum absolute atomic E-state index is 6.10. The Morgan fingerprint density at radius 3 is 1.94 bits per heavy atom. The van der Waals surface area contributed by atoms with Crippen molar-refractivity contribution in [1.82, 2.24) is 4.90 Å². The fraction of sp³-hybridized carbons (Fsp3) is 1.00. The first-order valence-electron chi connectivity index (χ1n) is 6.06. The van der Waals surface area contributed by atoms with Gasteiger partial charge in [0.15, 0.2) is 0 Å². The van der Waals surface area contributed by atoms with Gasteiger partial charge in [-0.25, -0.2) is 0 Å². The molecule has 0 rings (SSSR count). The van der Waals surface area contributed by atoms with Crippen molar-refractivity contribution < 1.29 is 9.47 Å². The Hall–Kier alpha value is -0.160. The van der Waals surface area contributed by atoms with Gasteiger partial charge in [0.05, 0.1) is 13.2 Å². The zero-order valence-corrected chi connectivity index (χ0v) is 11.2. The van der Waals surface area contributed by atoms with Crippen LogP contribution in [-0.4, -0.2) is 58.0 Å². The van der Waals surface area contributed by atoms with Gasteiger partial charge in [-0.3, -0.25) is 4.90 Å². The second kappa shape index (κ2) is 10.0. The SMILES string of the molecule is COCCN(CCOC)CC(N)CC(C)C. The molecule has 4 nitrogen and oxygen atoms in total. The monoisotopic (exact) mass is 232 g/mol. The number of rotatable bonds is 10. The Kier molecular flexibility index (Phi) is 9.92. The number of hydrogen-bond donors (Lipinski definition) is 1. The van der Waals surface area contributed by atoms with Crippen LogP contribution in [0.3, 0.4) is 0 Å². The summed E-state index contributed by atoms with van der Waals surface area (Å²) in [4.78, 5) is 2.31. The molecular formula is C12H28N2O2. The van der Waals surface area contributed by atoms with Crippen LogP contribution in [0.1, 0.15) is 20.3 Å². The minimum Gasteiger partial charge on any atom is -0.383 e. The molecular weight excluding hydrogens is 204 g/mol. The van der Waals surface area contributed by atoms with Gasteiger partial charge in [0.2, 0.25) is 0 Å². The predicted molar refractivity (Wildman–Crippen MR) is 67.6 cm³/mol. The third kappa shape index (κ3) is 9.09. The molecule has 0 aliphatic carbocycles. The number of methoxy groups -OCH3 is 2. The number of ether oxygens (including phenoxy) is 2. The molecule has 2 N–H and O–H groups in total. The lowest BCUT2D eigenvalue weighted by molar-refractivity contribution is 0.109. The van der Waals surface area contributed by atoms with Crippen molar-refractivity contribution >= 4 is 0 Å². The van der Waals surface area contributed by atoms with E-state index >= 15 is 0 Å². The van der Waals surface area contributed by atoms with Crippen molar-refractivity contribution in [1.29, 1.82) is 0 Å². The Morgan fingerprint density at radius 1 is 1.06 bits per heavy atom. The normalized spacial score (nSPS) is 13.7. The van der Waals surface area contributed by atoms with Gasteiger partial charge in [-0.05, 0) is 12.3 Å². The van der Waals surface area contributed by atoms with Gasteiger partial charge in [0.25, 0.3) is 0 Å². The summed E-state index contributed by atoms with van der Waals surface area (Å²) in [5, 5.41) is 0. The third-order valence-electron chi connectivity index (χ3n) is 2.49. The van der Waals surface area contributed by atoms with Gasteiger partial charge in [-0.1, -0.05) is 13.8 Å². The molecule has 0 aliphatic heterocycles. The largest absolute Gasteiger partial charge is 0.383 e. The zero-order chi connectivity index (χ0) is 12.4. The molecule has 1 atom stereocenters. The molecule has 16 heavy (non-hydrogen) atoms. The molecule has 0 aromatic heterocycles. The van der Waals surface area contributed by atoms with Crippen LogP contribution >= 0.6 is 0 Å². The van der Waals surface area contributed by atoms with E-state index < -0.39 is 0 Å². The Labute approximate surface area is 100 Å². The molecule has 0 saturated carbocycles. The first-order chi connectivity index (χ1) is 7.60. The maximum Gasteiger partial charge on any atom is 0.0589 e. The van der Waals surface area contributed by atoms with E-state index in [9.17, 15) is 0 Å². The zero-order valence-electron chi connectivity index (χ0n) is 11.2. The minimum absolute atomic E-state index is 0.244. The summed E-state index contributed by atoms with van der Waals surface area (Å²) in [7, 11) is 3.45. The van der Waals surface area contributed by atoms with Crippen LogP contribution in [0.2, 0.25) is 0 Å². The van der Waals surface area contributed by atoms with Crippen LogP contribution in [0.4, 0.5) is 0 Å². The Bertz CT molecular complexity index is 146. The summed E-state index contributed by atoms with van der Waals surface area (Å²) >= 11 is 0. The molecule has 0 aliphatic rings. The highest BCUT2D eigenvalue weighted by Gasteiger charge is 2.11. The van der Waals surface area contributed by atoms with Crippen molar-refractivity contribution in [2.45, 2.75) is 26.3 Å². The first kappa shape index (κ1) is 15.8. The summed E-state index contributed by atoms with van der Waals surface area (Å²) in [5.74, 6) is 0.654. The molecule has 98 valence electrons. The highest BCUT2D eigenvalue weighted by atomic mass is 16.5. The molecule has 0 aromatic rings. The van der Waals surface area contributed by atoms with E-state index in [1.165, 1.54) is 0 Å². The third-order valence-corrected chi connectivity index (χ3v) is 2.49. The molecule has 1 unspecified atom stereocenters. The van der Waals surface area contributed by atoms with E-state index in [0.29, 0.717) is 5.92 Å². The molecule has 0 spiro atoms. The van der Waals surface area contributed by atoms with Crippen LogP contribution in [0.15, 0.2) is 0 Å². The first-order valence-corrected chi connectivity index (χ1v) is 6.06. The summed E-state index contributed by atoms with van der Waals surface area (Å²) in [6.45, 7) is 8.67. The summed E-state index contributed by atoms with van der Waals surface area (Å²) < 4.78 is 10.2. The lowest BCUT2D eigenvalue weighted by Crippen LogP contribution is -2.41. The Morgan fingerprint density at radius 2 is 1.56 bits per heavy atom. The van der Waals surface area contributed by atoms with Crippen LogP contribution in [0.5, 0.6) is 0 Å². The van der Waals surface area contributed by atoms with Crippen LogP contribution < -0.4 is 5.73 Å². The standard InChI is InChI=1S/C12H28N2O2/c1-11(2)9-12(13)10-14(5-7-15-3)6-8-16-4/h11-12H,5-10,13H2,1-4H3. The van der Waals surface area contributed by atoms with E-state index in [1.807, 2.05) is 0 Å². The van der Waals surface area contributed by atoms with Crippen molar-refractivity contribution in [3.63, 3.8) is 0 Å². The van der Waals surface area contributed by atoms with Crippen molar-refractivity contribution in [2.75, 3.05) is 47.1 Å². The van der Waals surface area contributed by atoms with E-state index in [4.69, 9.17) is 15.2 Å². The van der Waals surface area contributed by atoms with Gasteiger partial charge in [-0.2, -0.15) is 0 Å². The smallest absolute Gasteiger partial charge is 0.0589 e. The van der Waals surface area contributed by atoms with Crippen molar-refractivity contribution in [3.05, 3.63) is 0 Å². The molecule has 0 amide bonds. The van der Waals surface area contributed by atoms with Gasteiger partial charge in [0.1, 0.15) is 0 Å². The van der Waals surface area contributed by atoms with Crippen LogP contribution in [0, 0.1) is 5.92 Å². The predicted octanol–water partition coefficient (Wildman–Crippen LogP) is 0.955. The number of hydrogen-bond acceptors (Lipinski definition) is 4. The average Bonchev–Trinajstić information content (AvgIpc) is 2.20. The van der Waals surface area contributed by atoms with Crippen LogP contribution in [-0.2, 0) is 9.47 Å². The fourth-order valence-corrected chi connectivity index (χ4v) is 1.75. The second-order valence-corrected chi connectivity index (χ2v) is 4.68. The molecule has 0 radical (unpaired) electrons. The van der Waals surface area contributed by atoms with E-state index in [1.54, 1.807) is 14.2 Å². The highest BCUT2D eigenvalue weighted by Crippen LogP contribution is 2.04. The van der Waals surface area contributed by atoms with E-state index in [-0.39, 0.29) is 6.04 Å². The van der Waals surface area contributed by atoms with Gasteiger partial charge >= 0.3 is 0 Å². The average molecular weight is 232 g/mol. The molecule has 4 heteroatoms. The molecule has 0 heterocycles.